The predicted molar refractivity (Wildman–Crippen MR) is 164 cm³/mol. The van der Waals surface area contributed by atoms with E-state index >= 15 is 0 Å². The number of ether oxygens (including phenoxy) is 1. The summed E-state index contributed by atoms with van der Waals surface area (Å²) in [6, 6.07) is 17.8. The Labute approximate surface area is 244 Å². The van der Waals surface area contributed by atoms with Crippen LogP contribution in [0.5, 0.6) is 11.6 Å². The van der Waals surface area contributed by atoms with Gasteiger partial charge in [0.1, 0.15) is 10.4 Å². The molecule has 1 aliphatic rings. The number of carbonyl (C=O) groups is 1. The van der Waals surface area contributed by atoms with Gasteiger partial charge in [0.25, 0.3) is 0 Å². The Morgan fingerprint density at radius 3 is 2.59 bits per heavy atom. The third-order valence-electron chi connectivity index (χ3n) is 7.73. The molecule has 0 N–H and O–H groups in total. The predicted octanol–water partition coefficient (Wildman–Crippen LogP) is 6.34. The normalized spacial score (nSPS) is 14.4. The van der Waals surface area contributed by atoms with Crippen LogP contribution >= 0.6 is 11.3 Å². The number of hydrogen-bond donors (Lipinski definition) is 0. The highest BCUT2D eigenvalue weighted by Crippen LogP contribution is 2.34. The number of ketones is 1. The molecule has 1 fully saturated rings. The van der Waals surface area contributed by atoms with Crippen LogP contribution in [0.4, 0.5) is 0 Å². The van der Waals surface area contributed by atoms with E-state index in [4.69, 9.17) is 14.7 Å². The number of hydrogen-bond acceptors (Lipinski definition) is 8. The lowest BCUT2D eigenvalue weighted by Crippen LogP contribution is -2.43. The van der Waals surface area contributed by atoms with Crippen LogP contribution in [0.3, 0.4) is 0 Å². The number of carbonyl (C=O) groups excluding carboxylic acids is 1. The molecular formula is C33H33N5O2S. The largest absolute Gasteiger partial charge is 0.437 e. The Bertz CT molecular complexity index is 1690. The van der Waals surface area contributed by atoms with Gasteiger partial charge in [0.05, 0.1) is 5.52 Å². The van der Waals surface area contributed by atoms with E-state index in [-0.39, 0.29) is 5.78 Å². The summed E-state index contributed by atoms with van der Waals surface area (Å²) >= 11 is 1.54. The molecule has 0 unspecified atom stereocenters. The zero-order valence-corrected chi connectivity index (χ0v) is 24.4. The molecule has 8 heteroatoms. The van der Waals surface area contributed by atoms with Gasteiger partial charge in [0, 0.05) is 62.7 Å². The second-order valence-electron chi connectivity index (χ2n) is 10.7. The van der Waals surface area contributed by atoms with E-state index in [0.29, 0.717) is 23.9 Å². The number of pyridine rings is 1. The quantitative estimate of drug-likeness (QED) is 0.204. The first-order valence-electron chi connectivity index (χ1n) is 13.9. The van der Waals surface area contributed by atoms with E-state index in [1.165, 1.54) is 5.56 Å². The average Bonchev–Trinajstić information content (AvgIpc) is 3.47. The maximum absolute atomic E-state index is 13.4. The molecule has 0 bridgehead atoms. The van der Waals surface area contributed by atoms with Gasteiger partial charge in [-0.1, -0.05) is 18.2 Å². The Hall–Kier alpha value is -3.98. The van der Waals surface area contributed by atoms with Crippen molar-refractivity contribution in [3.05, 3.63) is 100 Å². The molecule has 5 aromatic rings. The average molecular weight is 564 g/mol. The van der Waals surface area contributed by atoms with E-state index in [1.807, 2.05) is 60.8 Å². The molecular weight excluding hydrogens is 530 g/mol. The maximum Gasteiger partial charge on any atom is 0.240 e. The number of fused-ring (bicyclic) bond motifs is 1. The van der Waals surface area contributed by atoms with Crippen molar-refractivity contribution in [3.8, 4) is 23.0 Å². The summed E-state index contributed by atoms with van der Waals surface area (Å²) < 4.78 is 7.21. The number of likely N-dealkylation sites (N-methyl/N-ethyl adjacent to an activating group) is 1. The van der Waals surface area contributed by atoms with Gasteiger partial charge in [-0.25, -0.2) is 4.98 Å². The molecule has 0 atom stereocenters. The number of nitrogens with zero attached hydrogens (tertiary/aromatic N) is 5. The van der Waals surface area contributed by atoms with Crippen molar-refractivity contribution >= 4 is 27.3 Å². The fourth-order valence-corrected chi connectivity index (χ4v) is 5.87. The molecule has 6 rings (SSSR count). The topological polar surface area (TPSA) is 71.4 Å². The molecule has 0 radical (unpaired) electrons. The van der Waals surface area contributed by atoms with Crippen LogP contribution in [0.15, 0.2) is 72.4 Å². The first kappa shape index (κ1) is 27.2. The highest BCUT2D eigenvalue weighted by atomic mass is 32.1. The minimum absolute atomic E-state index is 0.0982. The monoisotopic (exact) mass is 563 g/mol. The molecule has 0 amide bonds. The van der Waals surface area contributed by atoms with Crippen molar-refractivity contribution < 1.29 is 9.53 Å². The minimum atomic E-state index is 0.0982. The number of aromatic nitrogens is 3. The fourth-order valence-electron chi connectivity index (χ4n) is 5.11. The molecule has 0 spiro atoms. The van der Waals surface area contributed by atoms with Crippen molar-refractivity contribution in [1.29, 1.82) is 0 Å². The number of piperazine rings is 1. The van der Waals surface area contributed by atoms with Crippen molar-refractivity contribution in [2.24, 2.45) is 0 Å². The second-order valence-corrected chi connectivity index (χ2v) is 11.7. The summed E-state index contributed by atoms with van der Waals surface area (Å²) in [5, 5.41) is 1.98. The SMILES string of the molecule is Cc1ccc(Oc2nc(-c3cccnc3)nc3ccsc23)cc1CC(=O)c1ccc(CN2CCN(C)CC2)c(C)c1. The van der Waals surface area contributed by atoms with Gasteiger partial charge in [0.2, 0.25) is 5.88 Å². The standard InChI is InChI=1S/C33H33N5O2S/c1-22-6-9-28(40-33-31-29(10-16-41-31)35-32(36-33)25-5-4-11-34-20-25)18-27(22)19-30(39)24-7-8-26(23(2)17-24)21-38-14-12-37(3)13-15-38/h4-11,16-18,20H,12-15,19,21H2,1-3H3. The maximum atomic E-state index is 13.4. The van der Waals surface area contributed by atoms with Gasteiger partial charge in [-0.3, -0.25) is 14.7 Å². The highest BCUT2D eigenvalue weighted by Gasteiger charge is 2.17. The van der Waals surface area contributed by atoms with E-state index in [9.17, 15) is 4.79 Å². The summed E-state index contributed by atoms with van der Waals surface area (Å²) in [5.74, 6) is 1.80. The first-order chi connectivity index (χ1) is 19.9. The molecule has 7 nitrogen and oxygen atoms in total. The Morgan fingerprint density at radius 1 is 0.951 bits per heavy atom. The molecule has 0 saturated carbocycles. The van der Waals surface area contributed by atoms with Crippen LogP contribution < -0.4 is 4.74 Å². The number of rotatable bonds is 8. The summed E-state index contributed by atoms with van der Waals surface area (Å²) in [7, 11) is 2.17. The van der Waals surface area contributed by atoms with E-state index in [0.717, 1.165) is 70.8 Å². The summed E-state index contributed by atoms with van der Waals surface area (Å²) in [6.45, 7) is 9.40. The Kier molecular flexibility index (Phi) is 7.87. The van der Waals surface area contributed by atoms with Crippen LogP contribution in [0.2, 0.25) is 0 Å². The fraction of sp³-hybridized carbons (Fsp3) is 0.273. The van der Waals surface area contributed by atoms with Gasteiger partial charge in [-0.2, -0.15) is 4.98 Å². The number of thiophene rings is 1. The molecule has 3 aromatic heterocycles. The van der Waals surface area contributed by atoms with E-state index < -0.39 is 0 Å². The van der Waals surface area contributed by atoms with Crippen LogP contribution in [0, 0.1) is 13.8 Å². The smallest absolute Gasteiger partial charge is 0.240 e. The third kappa shape index (κ3) is 6.20. The summed E-state index contributed by atoms with van der Waals surface area (Å²) in [5.41, 5.74) is 6.83. The van der Waals surface area contributed by atoms with Crippen LogP contribution in [-0.4, -0.2) is 63.8 Å². The van der Waals surface area contributed by atoms with Crippen molar-refractivity contribution in [1.82, 2.24) is 24.8 Å². The highest BCUT2D eigenvalue weighted by molar-refractivity contribution is 7.17. The number of aryl methyl sites for hydroxylation is 2. The molecule has 1 saturated heterocycles. The van der Waals surface area contributed by atoms with Crippen molar-refractivity contribution in [3.63, 3.8) is 0 Å². The molecule has 41 heavy (non-hydrogen) atoms. The zero-order chi connectivity index (χ0) is 28.3. The van der Waals surface area contributed by atoms with Crippen LogP contribution in [0.25, 0.3) is 21.6 Å². The second kappa shape index (κ2) is 11.9. The summed E-state index contributed by atoms with van der Waals surface area (Å²) in [6.07, 6.45) is 3.77. The van der Waals surface area contributed by atoms with Gasteiger partial charge >= 0.3 is 0 Å². The Morgan fingerprint density at radius 2 is 1.80 bits per heavy atom. The lowest BCUT2D eigenvalue weighted by molar-refractivity contribution is 0.0992. The molecule has 1 aliphatic heterocycles. The first-order valence-corrected chi connectivity index (χ1v) is 14.8. The minimum Gasteiger partial charge on any atom is -0.437 e. The van der Waals surface area contributed by atoms with Crippen molar-refractivity contribution in [2.45, 2.75) is 26.8 Å². The molecule has 4 heterocycles. The zero-order valence-electron chi connectivity index (χ0n) is 23.6. The van der Waals surface area contributed by atoms with Crippen molar-refractivity contribution in [2.75, 3.05) is 33.2 Å². The van der Waals surface area contributed by atoms with Gasteiger partial charge < -0.3 is 9.64 Å². The molecule has 0 aliphatic carbocycles. The van der Waals surface area contributed by atoms with Gasteiger partial charge in [0.15, 0.2) is 11.6 Å². The Balaban J connectivity index is 1.19. The van der Waals surface area contributed by atoms with Gasteiger partial charge in [-0.15, -0.1) is 11.3 Å². The van der Waals surface area contributed by atoms with Gasteiger partial charge in [-0.05, 0) is 84.9 Å². The lowest BCUT2D eigenvalue weighted by Gasteiger charge is -2.32. The summed E-state index contributed by atoms with van der Waals surface area (Å²) in [4.78, 5) is 31.9. The molecule has 208 valence electrons. The van der Waals surface area contributed by atoms with E-state index in [2.05, 4.69) is 34.8 Å². The number of benzene rings is 2. The van der Waals surface area contributed by atoms with E-state index in [1.54, 1.807) is 23.7 Å². The van der Waals surface area contributed by atoms with Crippen LogP contribution in [0.1, 0.15) is 32.6 Å². The third-order valence-corrected chi connectivity index (χ3v) is 8.62. The lowest BCUT2D eigenvalue weighted by atomic mass is 9.96. The molecule has 2 aromatic carbocycles. The number of Topliss-reactive ketones (excluding diaryl/α,β-unsaturated/α-hetero) is 1. The van der Waals surface area contributed by atoms with Crippen LogP contribution in [-0.2, 0) is 13.0 Å².